The van der Waals surface area contributed by atoms with Crippen molar-refractivity contribution in [3.8, 4) is 0 Å². The molecule has 0 aliphatic carbocycles. The molecule has 9 heteroatoms. The molecule has 1 aromatic carbocycles. The van der Waals surface area contributed by atoms with Crippen LogP contribution in [0.25, 0.3) is 11.0 Å². The number of amides is 1. The first-order valence-electron chi connectivity index (χ1n) is 7.86. The zero-order valence-corrected chi connectivity index (χ0v) is 14.7. The summed E-state index contributed by atoms with van der Waals surface area (Å²) in [5.74, 6) is -0.0292. The van der Waals surface area contributed by atoms with E-state index in [0.29, 0.717) is 24.2 Å². The van der Waals surface area contributed by atoms with E-state index in [1.165, 1.54) is 0 Å². The lowest BCUT2D eigenvalue weighted by Crippen LogP contribution is -2.37. The maximum Gasteiger partial charge on any atom is 0.243 e. The number of likely N-dealkylation sites (tertiary alicyclic amines) is 1. The fourth-order valence-corrected chi connectivity index (χ4v) is 4.78. The van der Waals surface area contributed by atoms with Gasteiger partial charge in [0, 0.05) is 25.6 Å². The van der Waals surface area contributed by atoms with Crippen LogP contribution in [-0.4, -0.2) is 48.7 Å². The molecule has 1 saturated heterocycles. The standard InChI is InChI=1S/C15H20N4O4S/c1-4-5-19-8-11(7-12(19)20)18-24(21,22)15-10(3)6-9(2)13-14(15)17-23-16-13/h6,11,18H,4-5,7-8H2,1-3H3/t11-/m1/s1. The van der Waals surface area contributed by atoms with E-state index in [2.05, 4.69) is 15.0 Å². The Kier molecular flexibility index (Phi) is 4.31. The lowest BCUT2D eigenvalue weighted by molar-refractivity contribution is -0.127. The second kappa shape index (κ2) is 6.14. The molecule has 0 radical (unpaired) electrons. The molecule has 0 bridgehead atoms. The summed E-state index contributed by atoms with van der Waals surface area (Å²) in [5.41, 5.74) is 2.01. The van der Waals surface area contributed by atoms with E-state index < -0.39 is 16.1 Å². The molecule has 1 N–H and O–H groups in total. The average molecular weight is 352 g/mol. The number of benzene rings is 1. The van der Waals surface area contributed by atoms with Gasteiger partial charge in [-0.25, -0.2) is 17.8 Å². The van der Waals surface area contributed by atoms with Gasteiger partial charge in [-0.05, 0) is 41.7 Å². The minimum absolute atomic E-state index is 0.0292. The number of hydrogen-bond acceptors (Lipinski definition) is 6. The summed E-state index contributed by atoms with van der Waals surface area (Å²) in [6, 6.07) is 1.30. The van der Waals surface area contributed by atoms with Crippen molar-refractivity contribution in [1.29, 1.82) is 0 Å². The number of carbonyl (C=O) groups excluding carboxylic acids is 1. The molecule has 0 saturated carbocycles. The number of nitrogens with zero attached hydrogens (tertiary/aromatic N) is 3. The summed E-state index contributed by atoms with van der Waals surface area (Å²) in [6.45, 7) is 6.53. The van der Waals surface area contributed by atoms with Crippen molar-refractivity contribution in [1.82, 2.24) is 19.9 Å². The quantitative estimate of drug-likeness (QED) is 0.865. The van der Waals surface area contributed by atoms with E-state index in [4.69, 9.17) is 4.63 Å². The van der Waals surface area contributed by atoms with Gasteiger partial charge in [0.1, 0.15) is 10.4 Å². The number of aromatic nitrogens is 2. The Morgan fingerprint density at radius 1 is 1.29 bits per heavy atom. The molecule has 1 aromatic heterocycles. The molecule has 1 atom stereocenters. The highest BCUT2D eigenvalue weighted by molar-refractivity contribution is 7.89. The zero-order chi connectivity index (χ0) is 17.5. The Balaban J connectivity index is 1.92. The topological polar surface area (TPSA) is 105 Å². The van der Waals surface area contributed by atoms with Crippen LogP contribution < -0.4 is 4.72 Å². The van der Waals surface area contributed by atoms with Gasteiger partial charge in [0.05, 0.1) is 0 Å². The first kappa shape index (κ1) is 16.8. The van der Waals surface area contributed by atoms with E-state index in [-0.39, 0.29) is 22.7 Å². The molecule has 8 nitrogen and oxygen atoms in total. The highest BCUT2D eigenvalue weighted by Gasteiger charge is 2.34. The molecule has 2 heterocycles. The minimum Gasteiger partial charge on any atom is -0.341 e. The van der Waals surface area contributed by atoms with Crippen LogP contribution >= 0.6 is 0 Å². The Bertz CT molecular complexity index is 890. The predicted octanol–water partition coefficient (Wildman–Crippen LogP) is 1.13. The van der Waals surface area contributed by atoms with Gasteiger partial charge >= 0.3 is 0 Å². The molecule has 1 aliphatic heterocycles. The summed E-state index contributed by atoms with van der Waals surface area (Å²) in [4.78, 5) is 13.7. The molecular weight excluding hydrogens is 332 g/mol. The highest BCUT2D eigenvalue weighted by Crippen LogP contribution is 2.27. The Morgan fingerprint density at radius 3 is 2.71 bits per heavy atom. The number of nitrogens with one attached hydrogen (secondary N) is 1. The summed E-state index contributed by atoms with van der Waals surface area (Å²) < 4.78 is 33.1. The van der Waals surface area contributed by atoms with Crippen LogP contribution in [0.3, 0.4) is 0 Å². The summed E-state index contributed by atoms with van der Waals surface area (Å²) in [7, 11) is -3.84. The van der Waals surface area contributed by atoms with Gasteiger partial charge in [-0.2, -0.15) is 0 Å². The average Bonchev–Trinajstić information content (AvgIpc) is 3.06. The summed E-state index contributed by atoms with van der Waals surface area (Å²) in [6.07, 6.45) is 1.01. The van der Waals surface area contributed by atoms with Gasteiger partial charge in [0.15, 0.2) is 5.52 Å². The number of rotatable bonds is 5. The highest BCUT2D eigenvalue weighted by atomic mass is 32.2. The van der Waals surface area contributed by atoms with Crippen LogP contribution in [0.1, 0.15) is 30.9 Å². The Hall–Kier alpha value is -2.00. The lowest BCUT2D eigenvalue weighted by Gasteiger charge is -2.17. The maximum absolute atomic E-state index is 12.9. The van der Waals surface area contributed by atoms with Crippen LogP contribution in [0.2, 0.25) is 0 Å². The van der Waals surface area contributed by atoms with Crippen molar-refractivity contribution in [3.63, 3.8) is 0 Å². The summed E-state index contributed by atoms with van der Waals surface area (Å²) in [5, 5.41) is 7.53. The molecular formula is C15H20N4O4S. The predicted molar refractivity (Wildman–Crippen MR) is 86.9 cm³/mol. The van der Waals surface area contributed by atoms with Gasteiger partial charge in [-0.1, -0.05) is 13.0 Å². The van der Waals surface area contributed by atoms with Crippen molar-refractivity contribution in [2.75, 3.05) is 13.1 Å². The molecule has 24 heavy (non-hydrogen) atoms. The first-order chi connectivity index (χ1) is 11.3. The monoisotopic (exact) mass is 352 g/mol. The molecule has 3 rings (SSSR count). The van der Waals surface area contributed by atoms with Crippen LogP contribution in [0.5, 0.6) is 0 Å². The van der Waals surface area contributed by atoms with Crippen molar-refractivity contribution in [2.24, 2.45) is 0 Å². The van der Waals surface area contributed by atoms with Crippen LogP contribution in [0.4, 0.5) is 0 Å². The van der Waals surface area contributed by atoms with Crippen LogP contribution in [-0.2, 0) is 14.8 Å². The number of carbonyl (C=O) groups is 1. The number of sulfonamides is 1. The Morgan fingerprint density at radius 2 is 2.00 bits per heavy atom. The van der Waals surface area contributed by atoms with E-state index >= 15 is 0 Å². The second-order valence-corrected chi connectivity index (χ2v) is 7.81. The largest absolute Gasteiger partial charge is 0.341 e. The van der Waals surface area contributed by atoms with E-state index in [9.17, 15) is 13.2 Å². The van der Waals surface area contributed by atoms with Crippen molar-refractivity contribution in [3.05, 3.63) is 17.2 Å². The normalized spacial score (nSPS) is 18.7. The smallest absolute Gasteiger partial charge is 0.243 e. The van der Waals surface area contributed by atoms with Gasteiger partial charge < -0.3 is 4.90 Å². The van der Waals surface area contributed by atoms with Gasteiger partial charge in [-0.15, -0.1) is 0 Å². The van der Waals surface area contributed by atoms with E-state index in [1.807, 2.05) is 13.8 Å². The molecule has 130 valence electrons. The van der Waals surface area contributed by atoms with E-state index in [0.717, 1.165) is 12.0 Å². The van der Waals surface area contributed by atoms with Crippen molar-refractivity contribution in [2.45, 2.75) is 44.6 Å². The minimum atomic E-state index is -3.84. The van der Waals surface area contributed by atoms with Crippen molar-refractivity contribution >= 4 is 27.0 Å². The number of fused-ring (bicyclic) bond motifs is 1. The Labute approximate surface area is 140 Å². The molecule has 1 aliphatic rings. The summed E-state index contributed by atoms with van der Waals surface area (Å²) >= 11 is 0. The molecule has 2 aromatic rings. The molecule has 0 spiro atoms. The molecule has 1 fully saturated rings. The number of hydrogen-bond donors (Lipinski definition) is 1. The van der Waals surface area contributed by atoms with Crippen LogP contribution in [0.15, 0.2) is 15.6 Å². The molecule has 1 amide bonds. The third kappa shape index (κ3) is 2.89. The fourth-order valence-electron chi connectivity index (χ4n) is 3.20. The second-order valence-electron chi connectivity index (χ2n) is 6.16. The number of aryl methyl sites for hydroxylation is 2. The van der Waals surface area contributed by atoms with Gasteiger partial charge in [0.2, 0.25) is 15.9 Å². The van der Waals surface area contributed by atoms with Crippen LogP contribution in [0, 0.1) is 13.8 Å². The third-order valence-electron chi connectivity index (χ3n) is 4.17. The van der Waals surface area contributed by atoms with Crippen molar-refractivity contribution < 1.29 is 17.8 Å². The molecule has 0 unspecified atom stereocenters. The fraction of sp³-hybridized carbons (Fsp3) is 0.533. The first-order valence-corrected chi connectivity index (χ1v) is 9.34. The SMILES string of the molecule is CCCN1C[C@H](NS(=O)(=O)c2c(C)cc(C)c3nonc23)CC1=O. The van der Waals surface area contributed by atoms with Gasteiger partial charge in [-0.3, -0.25) is 4.79 Å². The van der Waals surface area contributed by atoms with E-state index in [1.54, 1.807) is 17.9 Å². The third-order valence-corrected chi connectivity index (χ3v) is 5.86. The van der Waals surface area contributed by atoms with Gasteiger partial charge in [0.25, 0.3) is 0 Å². The maximum atomic E-state index is 12.9. The lowest BCUT2D eigenvalue weighted by atomic mass is 10.1. The zero-order valence-electron chi connectivity index (χ0n) is 13.9.